The van der Waals surface area contributed by atoms with E-state index in [0.29, 0.717) is 6.42 Å². The van der Waals surface area contributed by atoms with Crippen molar-refractivity contribution in [2.24, 2.45) is 5.92 Å². The van der Waals surface area contributed by atoms with Gasteiger partial charge in [-0.05, 0) is 12.8 Å². The molecule has 0 rings (SSSR count). The first-order chi connectivity index (χ1) is 12.0. The number of carboxylic acid groups (broad SMARTS) is 2. The molecule has 0 aliphatic heterocycles. The maximum Gasteiger partial charge on any atom is 0.306 e. The van der Waals surface area contributed by atoms with E-state index in [-0.39, 0.29) is 5.92 Å². The minimum atomic E-state index is -0.673. The van der Waals surface area contributed by atoms with Gasteiger partial charge in [0.05, 0.1) is 5.92 Å². The highest BCUT2D eigenvalue weighted by Crippen LogP contribution is 2.15. The van der Waals surface area contributed by atoms with E-state index >= 15 is 0 Å². The largest absolute Gasteiger partial charge is 0.481 e. The zero-order chi connectivity index (χ0) is 18.8. The summed E-state index contributed by atoms with van der Waals surface area (Å²) in [6.45, 7) is 1.79. The summed E-state index contributed by atoms with van der Waals surface area (Å²) >= 11 is 0. The van der Waals surface area contributed by atoms with E-state index in [1.54, 1.807) is 6.92 Å². The van der Waals surface area contributed by atoms with Gasteiger partial charge in [0, 0.05) is 6.42 Å². The van der Waals surface area contributed by atoms with E-state index in [1.807, 2.05) is 0 Å². The summed E-state index contributed by atoms with van der Waals surface area (Å²) in [6, 6.07) is 0. The molecule has 2 N–H and O–H groups in total. The van der Waals surface area contributed by atoms with Gasteiger partial charge < -0.3 is 10.2 Å². The molecule has 0 aliphatic rings. The van der Waals surface area contributed by atoms with Crippen molar-refractivity contribution in [1.82, 2.24) is 0 Å². The van der Waals surface area contributed by atoms with Gasteiger partial charge in [-0.2, -0.15) is 0 Å². The van der Waals surface area contributed by atoms with Gasteiger partial charge in [-0.1, -0.05) is 96.8 Å². The zero-order valence-corrected chi connectivity index (χ0v) is 16.3. The van der Waals surface area contributed by atoms with Gasteiger partial charge >= 0.3 is 11.9 Å². The third-order valence-electron chi connectivity index (χ3n) is 4.95. The van der Waals surface area contributed by atoms with Crippen LogP contribution < -0.4 is 0 Å². The van der Waals surface area contributed by atoms with E-state index in [2.05, 4.69) is 0 Å². The molecule has 0 aromatic rings. The van der Waals surface area contributed by atoms with Gasteiger partial charge in [-0.25, -0.2) is 0 Å². The Kier molecular flexibility index (Phi) is 17.0. The Morgan fingerprint density at radius 3 is 1.24 bits per heavy atom. The van der Waals surface area contributed by atoms with Crippen LogP contribution in [-0.2, 0) is 9.59 Å². The van der Waals surface area contributed by atoms with Crippen molar-refractivity contribution >= 4 is 11.9 Å². The van der Waals surface area contributed by atoms with Crippen LogP contribution in [0.15, 0.2) is 0 Å². The monoisotopic (exact) mass is 356 g/mol. The van der Waals surface area contributed by atoms with Gasteiger partial charge in [0.1, 0.15) is 0 Å². The first-order valence-electron chi connectivity index (χ1n) is 10.5. The number of carboxylic acids is 2. The lowest BCUT2D eigenvalue weighted by atomic mass is 10.0. The third kappa shape index (κ3) is 19.1. The van der Waals surface area contributed by atoms with Crippen LogP contribution in [0.2, 0.25) is 0 Å². The van der Waals surface area contributed by atoms with Gasteiger partial charge in [-0.15, -0.1) is 0 Å². The van der Waals surface area contributed by atoms with Crippen LogP contribution in [0, 0.1) is 5.92 Å². The molecule has 0 aromatic carbocycles. The maximum absolute atomic E-state index is 10.7. The van der Waals surface area contributed by atoms with Crippen molar-refractivity contribution < 1.29 is 19.8 Å². The smallest absolute Gasteiger partial charge is 0.306 e. The molecular formula is C21H40O4. The molecule has 4 heteroatoms. The predicted octanol–water partition coefficient (Wildman–Crippen LogP) is 6.42. The van der Waals surface area contributed by atoms with E-state index in [9.17, 15) is 9.59 Å². The number of unbranched alkanes of at least 4 members (excludes halogenated alkanes) is 14. The SMILES string of the molecule is CC(CCCCCCCCCCCCCCCCCC(=O)O)C(=O)O. The first-order valence-corrected chi connectivity index (χ1v) is 10.5. The van der Waals surface area contributed by atoms with E-state index < -0.39 is 11.9 Å². The molecule has 0 heterocycles. The highest BCUT2D eigenvalue weighted by Gasteiger charge is 2.09. The molecule has 1 atom stereocenters. The van der Waals surface area contributed by atoms with Crippen molar-refractivity contribution in [2.45, 2.75) is 116 Å². The van der Waals surface area contributed by atoms with Crippen LogP contribution in [0.25, 0.3) is 0 Å². The fourth-order valence-corrected chi connectivity index (χ4v) is 3.15. The lowest BCUT2D eigenvalue weighted by Gasteiger charge is -2.06. The Morgan fingerprint density at radius 2 is 0.920 bits per heavy atom. The topological polar surface area (TPSA) is 74.6 Å². The van der Waals surface area contributed by atoms with Crippen LogP contribution in [0.3, 0.4) is 0 Å². The molecule has 0 saturated heterocycles. The Balaban J connectivity index is 3.07. The molecule has 0 aromatic heterocycles. The van der Waals surface area contributed by atoms with Crippen molar-refractivity contribution in [1.29, 1.82) is 0 Å². The van der Waals surface area contributed by atoms with Crippen LogP contribution in [0.5, 0.6) is 0 Å². The van der Waals surface area contributed by atoms with Crippen LogP contribution >= 0.6 is 0 Å². The fraction of sp³-hybridized carbons (Fsp3) is 0.905. The predicted molar refractivity (Wildman–Crippen MR) is 103 cm³/mol. The van der Waals surface area contributed by atoms with E-state index in [4.69, 9.17) is 10.2 Å². The van der Waals surface area contributed by atoms with Gasteiger partial charge in [0.2, 0.25) is 0 Å². The summed E-state index contributed by atoms with van der Waals surface area (Å²) in [7, 11) is 0. The quantitative estimate of drug-likeness (QED) is 0.262. The molecular weight excluding hydrogens is 316 g/mol. The van der Waals surface area contributed by atoms with Crippen LogP contribution in [0.1, 0.15) is 116 Å². The number of hydrogen-bond acceptors (Lipinski definition) is 2. The highest BCUT2D eigenvalue weighted by atomic mass is 16.4. The molecule has 0 spiro atoms. The fourth-order valence-electron chi connectivity index (χ4n) is 3.15. The van der Waals surface area contributed by atoms with E-state index in [0.717, 1.165) is 25.7 Å². The molecule has 4 nitrogen and oxygen atoms in total. The molecule has 148 valence electrons. The second kappa shape index (κ2) is 17.8. The molecule has 0 saturated carbocycles. The molecule has 25 heavy (non-hydrogen) atoms. The minimum absolute atomic E-state index is 0.190. The maximum atomic E-state index is 10.7. The summed E-state index contributed by atoms with van der Waals surface area (Å²) in [4.78, 5) is 21.1. The molecule has 0 amide bonds. The zero-order valence-electron chi connectivity index (χ0n) is 16.3. The first kappa shape index (κ1) is 23.9. The summed E-state index contributed by atoms with van der Waals surface area (Å²) in [5.74, 6) is -1.53. The van der Waals surface area contributed by atoms with Gasteiger partial charge in [0.25, 0.3) is 0 Å². The highest BCUT2D eigenvalue weighted by molar-refractivity contribution is 5.69. The normalized spacial score (nSPS) is 12.2. The summed E-state index contributed by atoms with van der Waals surface area (Å²) in [6.07, 6.45) is 19.5. The summed E-state index contributed by atoms with van der Waals surface area (Å²) < 4.78 is 0. The van der Waals surface area contributed by atoms with Crippen LogP contribution in [-0.4, -0.2) is 22.2 Å². The van der Waals surface area contributed by atoms with Crippen molar-refractivity contribution in [3.8, 4) is 0 Å². The lowest BCUT2D eigenvalue weighted by Crippen LogP contribution is -2.08. The Bertz CT molecular complexity index is 328. The number of aliphatic carboxylic acids is 2. The summed E-state index contributed by atoms with van der Waals surface area (Å²) in [5, 5.41) is 17.4. The second-order valence-corrected chi connectivity index (χ2v) is 7.47. The Morgan fingerprint density at radius 1 is 0.600 bits per heavy atom. The average molecular weight is 357 g/mol. The van der Waals surface area contributed by atoms with Crippen molar-refractivity contribution in [3.05, 3.63) is 0 Å². The summed E-state index contributed by atoms with van der Waals surface area (Å²) in [5.41, 5.74) is 0. The number of rotatable bonds is 19. The van der Waals surface area contributed by atoms with Crippen molar-refractivity contribution in [2.75, 3.05) is 0 Å². The second-order valence-electron chi connectivity index (χ2n) is 7.47. The molecule has 1 unspecified atom stereocenters. The molecule has 0 aliphatic carbocycles. The lowest BCUT2D eigenvalue weighted by molar-refractivity contribution is -0.141. The Hall–Kier alpha value is -1.06. The van der Waals surface area contributed by atoms with Gasteiger partial charge in [-0.3, -0.25) is 9.59 Å². The third-order valence-corrected chi connectivity index (χ3v) is 4.95. The molecule has 0 bridgehead atoms. The standard InChI is InChI=1S/C21H40O4/c1-19(21(24)25)17-15-13-11-9-7-5-3-2-4-6-8-10-12-14-16-18-20(22)23/h19H,2-18H2,1H3,(H,22,23)(H,24,25). The molecule has 0 fully saturated rings. The molecule has 0 radical (unpaired) electrons. The number of hydrogen-bond donors (Lipinski definition) is 2. The average Bonchev–Trinajstić information content (AvgIpc) is 2.57. The number of carbonyl (C=O) groups is 2. The van der Waals surface area contributed by atoms with Crippen molar-refractivity contribution in [3.63, 3.8) is 0 Å². The minimum Gasteiger partial charge on any atom is -0.481 e. The van der Waals surface area contributed by atoms with E-state index in [1.165, 1.54) is 77.0 Å². The Labute approximate surface area is 154 Å². The van der Waals surface area contributed by atoms with Crippen LogP contribution in [0.4, 0.5) is 0 Å². The van der Waals surface area contributed by atoms with Gasteiger partial charge in [0.15, 0.2) is 0 Å².